The van der Waals surface area contributed by atoms with E-state index in [0.29, 0.717) is 28.0 Å². The highest BCUT2D eigenvalue weighted by molar-refractivity contribution is 7.71. The van der Waals surface area contributed by atoms with Gasteiger partial charge in [-0.05, 0) is 43.1 Å². The fraction of sp³-hybridized carbons (Fsp3) is 0.474. The molecule has 0 saturated heterocycles. The van der Waals surface area contributed by atoms with E-state index in [0.717, 1.165) is 12.8 Å². The van der Waals surface area contributed by atoms with Crippen molar-refractivity contribution in [3.05, 3.63) is 40.4 Å². The molecule has 0 spiro atoms. The van der Waals surface area contributed by atoms with Crippen LogP contribution in [0.3, 0.4) is 0 Å². The number of carbonyl (C=O) groups excluding carboxylic acids is 2. The third-order valence-electron chi connectivity index (χ3n) is 4.70. The van der Waals surface area contributed by atoms with Gasteiger partial charge < -0.3 is 15.4 Å². The fourth-order valence-electron chi connectivity index (χ4n) is 3.03. The number of benzene rings is 1. The Morgan fingerprint density at radius 2 is 2.07 bits per heavy atom. The first-order valence-electron chi connectivity index (χ1n) is 9.29. The predicted molar refractivity (Wildman–Crippen MR) is 107 cm³/mol. The van der Waals surface area contributed by atoms with Gasteiger partial charge in [-0.15, -0.1) is 0 Å². The molecule has 3 N–H and O–H groups in total. The quantitative estimate of drug-likeness (QED) is 0.588. The van der Waals surface area contributed by atoms with Crippen LogP contribution in [-0.4, -0.2) is 39.7 Å². The lowest BCUT2D eigenvalue weighted by Crippen LogP contribution is -2.49. The van der Waals surface area contributed by atoms with Gasteiger partial charge in [-0.1, -0.05) is 26.0 Å². The monoisotopic (exact) mass is 403 g/mol. The third kappa shape index (κ3) is 4.41. The topological polar surface area (TPSA) is 101 Å². The van der Waals surface area contributed by atoms with E-state index in [4.69, 9.17) is 17.0 Å². The molecular formula is C19H25N5O3S. The number of rotatable bonds is 8. The summed E-state index contributed by atoms with van der Waals surface area (Å²) < 4.78 is 7.75. The molecule has 1 heterocycles. The van der Waals surface area contributed by atoms with Crippen molar-refractivity contribution in [3.8, 4) is 5.75 Å². The first-order chi connectivity index (χ1) is 13.4. The van der Waals surface area contributed by atoms with E-state index in [1.807, 2.05) is 18.4 Å². The van der Waals surface area contributed by atoms with Crippen LogP contribution in [0.2, 0.25) is 0 Å². The van der Waals surface area contributed by atoms with Crippen LogP contribution < -0.4 is 15.4 Å². The average molecular weight is 404 g/mol. The van der Waals surface area contributed by atoms with Crippen LogP contribution in [0.5, 0.6) is 5.75 Å². The van der Waals surface area contributed by atoms with Gasteiger partial charge in [0.15, 0.2) is 10.6 Å². The van der Waals surface area contributed by atoms with Crippen molar-refractivity contribution in [3.63, 3.8) is 0 Å². The number of aromatic amines is 1. The molecule has 3 rings (SSSR count). The molecule has 1 fully saturated rings. The molecule has 0 aliphatic heterocycles. The van der Waals surface area contributed by atoms with Crippen LogP contribution in [0.15, 0.2) is 24.3 Å². The van der Waals surface area contributed by atoms with E-state index >= 15 is 0 Å². The normalized spacial score (nSPS) is 14.6. The lowest BCUT2D eigenvalue weighted by atomic mass is 10.0. The summed E-state index contributed by atoms with van der Waals surface area (Å²) in [5.41, 5.74) is 0.387. The number of aromatic nitrogens is 3. The van der Waals surface area contributed by atoms with Gasteiger partial charge in [-0.25, -0.2) is 0 Å². The van der Waals surface area contributed by atoms with Crippen molar-refractivity contribution in [2.24, 2.45) is 5.92 Å². The minimum atomic E-state index is -0.686. The summed E-state index contributed by atoms with van der Waals surface area (Å²) in [6.45, 7) is 4.01. The Hall–Kier alpha value is -2.68. The predicted octanol–water partition coefficient (Wildman–Crippen LogP) is 2.35. The average Bonchev–Trinajstić information content (AvgIpc) is 3.45. The second kappa shape index (κ2) is 8.55. The summed E-state index contributed by atoms with van der Waals surface area (Å²) in [4.78, 5) is 25.4. The molecule has 1 aromatic heterocycles. The zero-order valence-electron chi connectivity index (χ0n) is 16.2. The van der Waals surface area contributed by atoms with Crippen molar-refractivity contribution >= 4 is 24.0 Å². The minimum Gasteiger partial charge on any atom is -0.496 e. The van der Waals surface area contributed by atoms with Crippen LogP contribution in [0.25, 0.3) is 0 Å². The maximum Gasteiger partial charge on any atom is 0.255 e. The van der Waals surface area contributed by atoms with Crippen molar-refractivity contribution in [2.75, 3.05) is 7.11 Å². The number of hydrogen-bond donors (Lipinski definition) is 3. The molecule has 2 amide bonds. The first kappa shape index (κ1) is 20.1. The molecule has 28 heavy (non-hydrogen) atoms. The molecule has 150 valence electrons. The molecule has 0 bridgehead atoms. The van der Waals surface area contributed by atoms with Gasteiger partial charge in [0.25, 0.3) is 5.91 Å². The van der Waals surface area contributed by atoms with Gasteiger partial charge >= 0.3 is 0 Å². The summed E-state index contributed by atoms with van der Waals surface area (Å²) in [7, 11) is 1.51. The van der Waals surface area contributed by atoms with Crippen LogP contribution in [0, 0.1) is 10.7 Å². The van der Waals surface area contributed by atoms with Gasteiger partial charge in [-0.2, -0.15) is 5.10 Å². The summed E-state index contributed by atoms with van der Waals surface area (Å²) in [5, 5.41) is 12.7. The zero-order chi connectivity index (χ0) is 20.3. The molecule has 0 radical (unpaired) electrons. The molecule has 1 aromatic carbocycles. The number of ether oxygens (including phenoxy) is 1. The van der Waals surface area contributed by atoms with Gasteiger partial charge in [0.1, 0.15) is 11.8 Å². The number of carbonyl (C=O) groups is 2. The number of nitrogens with zero attached hydrogens (tertiary/aromatic N) is 2. The van der Waals surface area contributed by atoms with E-state index in [1.165, 1.54) is 7.11 Å². The van der Waals surface area contributed by atoms with Crippen LogP contribution in [0.1, 0.15) is 48.9 Å². The summed E-state index contributed by atoms with van der Waals surface area (Å²) in [6, 6.07) is 6.59. The largest absolute Gasteiger partial charge is 0.496 e. The Bertz CT molecular complexity index is 916. The maximum absolute atomic E-state index is 12.8. The molecule has 8 nitrogen and oxygen atoms in total. The van der Waals surface area contributed by atoms with E-state index in [-0.39, 0.29) is 24.3 Å². The molecule has 1 atom stereocenters. The summed E-state index contributed by atoms with van der Waals surface area (Å²) in [6.07, 6.45) is 2.14. The van der Waals surface area contributed by atoms with Crippen molar-refractivity contribution in [1.82, 2.24) is 25.4 Å². The lowest BCUT2D eigenvalue weighted by molar-refractivity contribution is -0.124. The maximum atomic E-state index is 12.8. The van der Waals surface area contributed by atoms with Crippen LogP contribution >= 0.6 is 12.2 Å². The van der Waals surface area contributed by atoms with Crippen molar-refractivity contribution in [1.29, 1.82) is 0 Å². The summed E-state index contributed by atoms with van der Waals surface area (Å²) >= 11 is 5.26. The van der Waals surface area contributed by atoms with Gasteiger partial charge in [0, 0.05) is 6.04 Å². The van der Waals surface area contributed by atoms with Gasteiger partial charge in [0.2, 0.25) is 5.91 Å². The smallest absolute Gasteiger partial charge is 0.255 e. The number of hydrogen-bond acceptors (Lipinski definition) is 5. The second-order valence-corrected chi connectivity index (χ2v) is 7.55. The van der Waals surface area contributed by atoms with E-state index in [2.05, 4.69) is 20.8 Å². The Kier molecular flexibility index (Phi) is 6.13. The zero-order valence-corrected chi connectivity index (χ0v) is 17.0. The number of methoxy groups -OCH3 is 1. The molecule has 1 aliphatic rings. The van der Waals surface area contributed by atoms with Crippen molar-refractivity contribution in [2.45, 2.75) is 45.3 Å². The standard InChI is InChI=1S/C19H25N5O3S/c1-11(2)16(21-17(25)13-6-4-5-7-14(13)27-3)18(26)20-10-15-22-23-19(28)24(15)12-8-9-12/h4-7,11-12,16H,8-10H2,1-3H3,(H,20,26)(H,21,25)(H,23,28). The van der Waals surface area contributed by atoms with Gasteiger partial charge in [-0.3, -0.25) is 19.3 Å². The van der Waals surface area contributed by atoms with Crippen LogP contribution in [-0.2, 0) is 11.3 Å². The second-order valence-electron chi connectivity index (χ2n) is 7.16. The Labute approximate surface area is 168 Å². The highest BCUT2D eigenvalue weighted by Crippen LogP contribution is 2.35. The van der Waals surface area contributed by atoms with Crippen LogP contribution in [0.4, 0.5) is 0 Å². The molecular weight excluding hydrogens is 378 g/mol. The number of amides is 2. The number of nitrogens with one attached hydrogen (secondary N) is 3. The molecule has 1 saturated carbocycles. The molecule has 1 aliphatic carbocycles. The highest BCUT2D eigenvalue weighted by Gasteiger charge is 2.29. The molecule has 1 unspecified atom stereocenters. The van der Waals surface area contributed by atoms with E-state index < -0.39 is 6.04 Å². The Morgan fingerprint density at radius 1 is 1.36 bits per heavy atom. The Morgan fingerprint density at radius 3 is 2.71 bits per heavy atom. The SMILES string of the molecule is COc1ccccc1C(=O)NC(C(=O)NCc1n[nH]c(=S)n1C1CC1)C(C)C. The van der Waals surface area contributed by atoms with Gasteiger partial charge in [0.05, 0.1) is 19.2 Å². The minimum absolute atomic E-state index is 0.0945. The third-order valence-corrected chi connectivity index (χ3v) is 4.99. The van der Waals surface area contributed by atoms with E-state index in [1.54, 1.807) is 24.3 Å². The van der Waals surface area contributed by atoms with Crippen molar-refractivity contribution < 1.29 is 14.3 Å². The lowest BCUT2D eigenvalue weighted by Gasteiger charge is -2.22. The summed E-state index contributed by atoms with van der Waals surface area (Å²) in [5.74, 6) is 0.437. The fourth-order valence-corrected chi connectivity index (χ4v) is 3.33. The highest BCUT2D eigenvalue weighted by atomic mass is 32.1. The number of para-hydroxylation sites is 1. The van der Waals surface area contributed by atoms with E-state index in [9.17, 15) is 9.59 Å². The Balaban J connectivity index is 1.67. The first-order valence-corrected chi connectivity index (χ1v) is 9.70. The molecule has 2 aromatic rings. The number of H-pyrrole nitrogens is 1. The molecule has 9 heteroatoms.